The van der Waals surface area contributed by atoms with Crippen LogP contribution in [0.3, 0.4) is 0 Å². The molecule has 1 fully saturated rings. The zero-order valence-corrected chi connectivity index (χ0v) is 8.93. The van der Waals surface area contributed by atoms with E-state index in [9.17, 15) is 4.79 Å². The Labute approximate surface area is 90.4 Å². The van der Waals surface area contributed by atoms with E-state index < -0.39 is 0 Å². The first-order valence-electron chi connectivity index (χ1n) is 5.03. The van der Waals surface area contributed by atoms with Gasteiger partial charge in [0.15, 0.2) is 0 Å². The first kappa shape index (κ1) is 9.06. The predicted octanol–water partition coefficient (Wildman–Crippen LogP) is 1.06. The largest absolute Gasteiger partial charge is 0.316 e. The molecule has 1 atom stereocenters. The number of hydrogen-bond donors (Lipinski definition) is 2. The lowest BCUT2D eigenvalue weighted by Crippen LogP contribution is -2.15. The number of rotatable bonds is 1. The molecule has 0 saturated carbocycles. The molecule has 0 bridgehead atoms. The standard InChI is InChI=1S/C10H11N3OS/c14-10-8-7(2-4-15-8)12-9(13-10)6-1-3-11-5-6/h2,4,6,11H,1,3,5H2,(H,12,13,14). The van der Waals surface area contributed by atoms with Crippen molar-refractivity contribution in [1.82, 2.24) is 15.3 Å². The van der Waals surface area contributed by atoms with Crippen LogP contribution in [-0.2, 0) is 0 Å². The molecule has 15 heavy (non-hydrogen) atoms. The van der Waals surface area contributed by atoms with Crippen molar-refractivity contribution >= 4 is 21.6 Å². The second-order valence-corrected chi connectivity index (χ2v) is 4.69. The van der Waals surface area contributed by atoms with Gasteiger partial charge in [0.2, 0.25) is 0 Å². The summed E-state index contributed by atoms with van der Waals surface area (Å²) >= 11 is 1.44. The highest BCUT2D eigenvalue weighted by atomic mass is 32.1. The molecule has 1 unspecified atom stereocenters. The van der Waals surface area contributed by atoms with Crippen molar-refractivity contribution in [2.24, 2.45) is 0 Å². The number of fused-ring (bicyclic) bond motifs is 1. The Hall–Kier alpha value is -1.20. The van der Waals surface area contributed by atoms with Crippen molar-refractivity contribution < 1.29 is 0 Å². The average Bonchev–Trinajstić information content (AvgIpc) is 2.88. The van der Waals surface area contributed by atoms with Crippen LogP contribution in [0.2, 0.25) is 0 Å². The summed E-state index contributed by atoms with van der Waals surface area (Å²) in [6.45, 7) is 1.93. The van der Waals surface area contributed by atoms with E-state index in [2.05, 4.69) is 15.3 Å². The van der Waals surface area contributed by atoms with Crippen molar-refractivity contribution in [3.63, 3.8) is 0 Å². The predicted molar refractivity (Wildman–Crippen MR) is 60.5 cm³/mol. The highest BCUT2D eigenvalue weighted by Crippen LogP contribution is 2.20. The Bertz CT molecular complexity index is 539. The lowest BCUT2D eigenvalue weighted by atomic mass is 10.1. The maximum atomic E-state index is 11.7. The van der Waals surface area contributed by atoms with Gasteiger partial charge in [-0.05, 0) is 24.4 Å². The Morgan fingerprint density at radius 3 is 3.27 bits per heavy atom. The third kappa shape index (κ3) is 1.48. The van der Waals surface area contributed by atoms with E-state index in [4.69, 9.17) is 0 Å². The van der Waals surface area contributed by atoms with E-state index in [0.29, 0.717) is 5.92 Å². The Kier molecular flexibility index (Phi) is 2.07. The zero-order chi connectivity index (χ0) is 10.3. The van der Waals surface area contributed by atoms with Gasteiger partial charge in [-0.25, -0.2) is 4.98 Å². The number of H-pyrrole nitrogens is 1. The average molecular weight is 221 g/mol. The maximum absolute atomic E-state index is 11.7. The Morgan fingerprint density at radius 1 is 1.53 bits per heavy atom. The van der Waals surface area contributed by atoms with Crippen molar-refractivity contribution in [3.05, 3.63) is 27.6 Å². The van der Waals surface area contributed by atoms with Gasteiger partial charge in [-0.1, -0.05) is 0 Å². The van der Waals surface area contributed by atoms with Crippen LogP contribution in [0.4, 0.5) is 0 Å². The minimum absolute atomic E-state index is 0.00287. The lowest BCUT2D eigenvalue weighted by molar-refractivity contribution is 0.703. The number of aromatic nitrogens is 2. The monoisotopic (exact) mass is 221 g/mol. The smallest absolute Gasteiger partial charge is 0.268 e. The van der Waals surface area contributed by atoms with Gasteiger partial charge in [0.05, 0.1) is 5.52 Å². The van der Waals surface area contributed by atoms with Crippen molar-refractivity contribution in [3.8, 4) is 0 Å². The van der Waals surface area contributed by atoms with E-state index in [0.717, 1.165) is 35.6 Å². The van der Waals surface area contributed by atoms with Gasteiger partial charge < -0.3 is 10.3 Å². The topological polar surface area (TPSA) is 57.8 Å². The van der Waals surface area contributed by atoms with E-state index in [1.54, 1.807) is 0 Å². The first-order valence-corrected chi connectivity index (χ1v) is 5.91. The van der Waals surface area contributed by atoms with Crippen molar-refractivity contribution in [2.75, 3.05) is 13.1 Å². The molecular weight excluding hydrogens is 210 g/mol. The maximum Gasteiger partial charge on any atom is 0.268 e. The highest BCUT2D eigenvalue weighted by molar-refractivity contribution is 7.17. The quantitative estimate of drug-likeness (QED) is 0.757. The summed E-state index contributed by atoms with van der Waals surface area (Å²) in [5.41, 5.74) is 0.822. The van der Waals surface area contributed by atoms with Gasteiger partial charge in [0, 0.05) is 12.5 Å². The fourth-order valence-corrected chi connectivity index (χ4v) is 2.70. The van der Waals surface area contributed by atoms with Crippen LogP contribution in [0, 0.1) is 0 Å². The molecule has 1 aliphatic rings. The molecule has 0 aromatic carbocycles. The van der Waals surface area contributed by atoms with Crippen LogP contribution in [0.15, 0.2) is 16.2 Å². The normalized spacial score (nSPS) is 21.2. The molecular formula is C10H11N3OS. The first-order chi connectivity index (χ1) is 7.34. The molecule has 0 aliphatic carbocycles. The molecule has 78 valence electrons. The summed E-state index contributed by atoms with van der Waals surface area (Å²) in [5.74, 6) is 1.19. The number of nitrogens with zero attached hydrogens (tertiary/aromatic N) is 1. The lowest BCUT2D eigenvalue weighted by Gasteiger charge is -2.06. The molecule has 1 aliphatic heterocycles. The molecule has 0 amide bonds. The number of nitrogens with one attached hydrogen (secondary N) is 2. The van der Waals surface area contributed by atoms with E-state index in [1.165, 1.54) is 11.3 Å². The second kappa shape index (κ2) is 3.43. The van der Waals surface area contributed by atoms with Gasteiger partial charge in [-0.15, -0.1) is 11.3 Å². The summed E-state index contributed by atoms with van der Waals surface area (Å²) in [7, 11) is 0. The third-order valence-electron chi connectivity index (χ3n) is 2.78. The van der Waals surface area contributed by atoms with E-state index in [1.807, 2.05) is 11.4 Å². The van der Waals surface area contributed by atoms with Crippen LogP contribution >= 0.6 is 11.3 Å². The summed E-state index contributed by atoms with van der Waals surface area (Å²) in [4.78, 5) is 19.1. The van der Waals surface area contributed by atoms with Crippen LogP contribution in [0.25, 0.3) is 10.2 Å². The SMILES string of the molecule is O=c1[nH]c(C2CCNC2)nc2ccsc12. The summed E-state index contributed by atoms with van der Waals surface area (Å²) in [6, 6.07) is 1.90. The van der Waals surface area contributed by atoms with Crippen LogP contribution in [-0.4, -0.2) is 23.1 Å². The number of thiophene rings is 1. The molecule has 2 N–H and O–H groups in total. The van der Waals surface area contributed by atoms with Crippen LogP contribution < -0.4 is 10.9 Å². The molecule has 1 saturated heterocycles. The number of aromatic amines is 1. The van der Waals surface area contributed by atoms with Gasteiger partial charge >= 0.3 is 0 Å². The molecule has 4 nitrogen and oxygen atoms in total. The minimum atomic E-state index is -0.00287. The fraction of sp³-hybridized carbons (Fsp3) is 0.400. The third-order valence-corrected chi connectivity index (χ3v) is 3.68. The fourth-order valence-electron chi connectivity index (χ4n) is 1.97. The summed E-state index contributed by atoms with van der Waals surface area (Å²) in [6.07, 6.45) is 1.05. The number of hydrogen-bond acceptors (Lipinski definition) is 4. The molecule has 3 rings (SSSR count). The van der Waals surface area contributed by atoms with Gasteiger partial charge in [-0.3, -0.25) is 4.79 Å². The summed E-state index contributed by atoms with van der Waals surface area (Å²) < 4.78 is 0.727. The molecule has 2 aromatic heterocycles. The van der Waals surface area contributed by atoms with Crippen molar-refractivity contribution in [2.45, 2.75) is 12.3 Å². The summed E-state index contributed by atoms with van der Waals surface area (Å²) in [5, 5.41) is 5.18. The Morgan fingerprint density at radius 2 is 2.47 bits per heavy atom. The molecule has 2 aromatic rings. The van der Waals surface area contributed by atoms with Crippen LogP contribution in [0.5, 0.6) is 0 Å². The van der Waals surface area contributed by atoms with E-state index in [-0.39, 0.29) is 5.56 Å². The van der Waals surface area contributed by atoms with Crippen LogP contribution in [0.1, 0.15) is 18.2 Å². The van der Waals surface area contributed by atoms with Gasteiger partial charge in [0.25, 0.3) is 5.56 Å². The Balaban J connectivity index is 2.15. The van der Waals surface area contributed by atoms with Gasteiger partial charge in [0.1, 0.15) is 10.5 Å². The molecule has 0 radical (unpaired) electrons. The molecule has 5 heteroatoms. The highest BCUT2D eigenvalue weighted by Gasteiger charge is 2.19. The second-order valence-electron chi connectivity index (χ2n) is 3.78. The minimum Gasteiger partial charge on any atom is -0.316 e. The zero-order valence-electron chi connectivity index (χ0n) is 8.12. The van der Waals surface area contributed by atoms with E-state index >= 15 is 0 Å². The molecule has 3 heterocycles. The van der Waals surface area contributed by atoms with Gasteiger partial charge in [-0.2, -0.15) is 0 Å². The van der Waals surface area contributed by atoms with Crippen molar-refractivity contribution in [1.29, 1.82) is 0 Å². The molecule has 0 spiro atoms.